The van der Waals surface area contributed by atoms with Gasteiger partial charge in [0.2, 0.25) is 5.91 Å². The normalized spacial score (nSPS) is 29.4. The van der Waals surface area contributed by atoms with E-state index in [9.17, 15) is 4.79 Å². The van der Waals surface area contributed by atoms with Crippen LogP contribution < -0.4 is 5.32 Å². The Bertz CT molecular complexity index is 961. The lowest BCUT2D eigenvalue weighted by atomic mass is 9.49. The number of carbonyl (C=O) groups excluding carboxylic acids is 1. The standard InChI is InChI=1S/C24H29Cl2N3O/c1-14-23(15(2)29(28-14)13-16-3-4-20(25)21(26)8-16)27-22(30)12-24-9-17-5-18(10-24)7-19(6-17)11-24/h3-4,8,17-19H,5-7,9-13H2,1-2H3,(H,27,30). The van der Waals surface area contributed by atoms with Crippen molar-refractivity contribution >= 4 is 34.8 Å². The summed E-state index contributed by atoms with van der Waals surface area (Å²) < 4.78 is 1.93. The maximum Gasteiger partial charge on any atom is 0.225 e. The fraction of sp³-hybridized carbons (Fsp3) is 0.583. The number of amides is 1. The molecule has 0 spiro atoms. The molecule has 0 radical (unpaired) electrons. The highest BCUT2D eigenvalue weighted by Gasteiger charge is 2.51. The molecule has 1 heterocycles. The molecule has 6 heteroatoms. The summed E-state index contributed by atoms with van der Waals surface area (Å²) in [5.41, 5.74) is 3.95. The lowest BCUT2D eigenvalue weighted by Crippen LogP contribution is -2.47. The van der Waals surface area contributed by atoms with Gasteiger partial charge in [-0.1, -0.05) is 29.3 Å². The van der Waals surface area contributed by atoms with Gasteiger partial charge in [-0.3, -0.25) is 9.48 Å². The average molecular weight is 446 g/mol. The summed E-state index contributed by atoms with van der Waals surface area (Å²) in [6, 6.07) is 5.63. The molecule has 4 bridgehead atoms. The van der Waals surface area contributed by atoms with Crippen LogP contribution in [0.4, 0.5) is 5.69 Å². The number of nitrogens with one attached hydrogen (secondary N) is 1. The summed E-state index contributed by atoms with van der Waals surface area (Å²) in [4.78, 5) is 13.1. The Labute approximate surface area is 188 Å². The lowest BCUT2D eigenvalue weighted by molar-refractivity contribution is -0.124. The molecule has 1 amide bonds. The fourth-order valence-corrected chi connectivity index (χ4v) is 7.19. The van der Waals surface area contributed by atoms with Crippen LogP contribution in [-0.4, -0.2) is 15.7 Å². The molecule has 1 aromatic carbocycles. The number of hydrogen-bond acceptors (Lipinski definition) is 2. The number of anilines is 1. The van der Waals surface area contributed by atoms with Gasteiger partial charge in [0, 0.05) is 6.42 Å². The van der Waals surface area contributed by atoms with Crippen molar-refractivity contribution in [3.8, 4) is 0 Å². The molecular formula is C24H29Cl2N3O. The van der Waals surface area contributed by atoms with Crippen LogP contribution in [0.25, 0.3) is 0 Å². The lowest BCUT2D eigenvalue weighted by Gasteiger charge is -2.56. The Balaban J connectivity index is 1.29. The van der Waals surface area contributed by atoms with E-state index in [0.717, 1.165) is 40.4 Å². The number of benzene rings is 1. The molecule has 0 unspecified atom stereocenters. The van der Waals surface area contributed by atoms with Crippen molar-refractivity contribution in [3.05, 3.63) is 45.2 Å². The zero-order valence-corrected chi connectivity index (χ0v) is 19.2. The molecule has 1 N–H and O–H groups in total. The van der Waals surface area contributed by atoms with Gasteiger partial charge >= 0.3 is 0 Å². The van der Waals surface area contributed by atoms with E-state index in [1.807, 2.05) is 30.7 Å². The predicted molar refractivity (Wildman–Crippen MR) is 121 cm³/mol. The quantitative estimate of drug-likeness (QED) is 0.578. The largest absolute Gasteiger partial charge is 0.323 e. The summed E-state index contributed by atoms with van der Waals surface area (Å²) in [5, 5.41) is 8.96. The maximum absolute atomic E-state index is 13.1. The Morgan fingerprint density at radius 2 is 1.73 bits per heavy atom. The van der Waals surface area contributed by atoms with Gasteiger partial charge in [0.1, 0.15) is 0 Å². The number of rotatable bonds is 5. The first-order valence-electron chi connectivity index (χ1n) is 11.1. The first-order chi connectivity index (χ1) is 14.3. The minimum atomic E-state index is 0.150. The highest BCUT2D eigenvalue weighted by Crippen LogP contribution is 2.61. The fourth-order valence-electron chi connectivity index (χ4n) is 6.87. The summed E-state index contributed by atoms with van der Waals surface area (Å²) in [6.07, 6.45) is 8.62. The zero-order valence-electron chi connectivity index (χ0n) is 17.7. The predicted octanol–water partition coefficient (Wildman–Crippen LogP) is 6.40. The maximum atomic E-state index is 13.1. The molecule has 0 saturated heterocycles. The molecule has 30 heavy (non-hydrogen) atoms. The van der Waals surface area contributed by atoms with E-state index in [0.29, 0.717) is 23.0 Å². The van der Waals surface area contributed by atoms with Crippen molar-refractivity contribution in [3.63, 3.8) is 0 Å². The Kier molecular flexibility index (Phi) is 5.14. The minimum Gasteiger partial charge on any atom is -0.323 e. The molecule has 4 saturated carbocycles. The molecule has 0 aliphatic heterocycles. The minimum absolute atomic E-state index is 0.150. The molecule has 0 atom stereocenters. The Morgan fingerprint density at radius 3 is 2.33 bits per heavy atom. The first kappa shape index (κ1) is 20.4. The van der Waals surface area contributed by atoms with E-state index >= 15 is 0 Å². The summed E-state index contributed by atoms with van der Waals surface area (Å²) >= 11 is 12.2. The molecule has 160 valence electrons. The third-order valence-corrected chi connectivity index (χ3v) is 8.40. The number of aryl methyl sites for hydroxylation is 1. The van der Waals surface area contributed by atoms with Crippen molar-refractivity contribution in [1.29, 1.82) is 0 Å². The highest BCUT2D eigenvalue weighted by atomic mass is 35.5. The van der Waals surface area contributed by atoms with E-state index in [2.05, 4.69) is 10.4 Å². The summed E-state index contributed by atoms with van der Waals surface area (Å²) in [6.45, 7) is 4.56. The van der Waals surface area contributed by atoms with Gasteiger partial charge in [0.05, 0.1) is 33.7 Å². The van der Waals surface area contributed by atoms with E-state index in [1.54, 1.807) is 6.07 Å². The van der Waals surface area contributed by atoms with Crippen LogP contribution in [0, 0.1) is 37.0 Å². The van der Waals surface area contributed by atoms with E-state index < -0.39 is 0 Å². The third kappa shape index (κ3) is 3.78. The van der Waals surface area contributed by atoms with Gasteiger partial charge < -0.3 is 5.32 Å². The van der Waals surface area contributed by atoms with Crippen LogP contribution in [0.1, 0.15) is 61.9 Å². The first-order valence-corrected chi connectivity index (χ1v) is 11.8. The monoisotopic (exact) mass is 445 g/mol. The van der Waals surface area contributed by atoms with Gasteiger partial charge in [-0.25, -0.2) is 0 Å². The average Bonchev–Trinajstić information content (AvgIpc) is 2.90. The molecule has 2 aromatic rings. The van der Waals surface area contributed by atoms with Gasteiger partial charge in [-0.05, 0) is 93.2 Å². The van der Waals surface area contributed by atoms with Crippen molar-refractivity contribution < 1.29 is 4.79 Å². The smallest absolute Gasteiger partial charge is 0.225 e. The highest BCUT2D eigenvalue weighted by molar-refractivity contribution is 6.42. The number of aromatic nitrogens is 2. The molecule has 4 fully saturated rings. The van der Waals surface area contributed by atoms with Crippen molar-refractivity contribution in [2.45, 2.75) is 65.3 Å². The van der Waals surface area contributed by atoms with Crippen molar-refractivity contribution in [2.75, 3.05) is 5.32 Å². The molecule has 1 aromatic heterocycles. The van der Waals surface area contributed by atoms with Crippen LogP contribution in [0.5, 0.6) is 0 Å². The van der Waals surface area contributed by atoms with Crippen LogP contribution >= 0.6 is 23.2 Å². The van der Waals surface area contributed by atoms with Gasteiger partial charge in [0.25, 0.3) is 0 Å². The third-order valence-electron chi connectivity index (χ3n) is 7.66. The number of hydrogen-bond donors (Lipinski definition) is 1. The van der Waals surface area contributed by atoms with Crippen LogP contribution in [0.3, 0.4) is 0 Å². The topological polar surface area (TPSA) is 46.9 Å². The second-order valence-corrected chi connectivity index (χ2v) is 10.9. The van der Waals surface area contributed by atoms with Crippen molar-refractivity contribution in [2.24, 2.45) is 23.2 Å². The van der Waals surface area contributed by atoms with E-state index in [1.165, 1.54) is 38.5 Å². The number of carbonyl (C=O) groups is 1. The van der Waals surface area contributed by atoms with E-state index in [4.69, 9.17) is 23.2 Å². The summed E-state index contributed by atoms with van der Waals surface area (Å²) in [5.74, 6) is 2.74. The van der Waals surface area contributed by atoms with Gasteiger partial charge in [0.15, 0.2) is 0 Å². The van der Waals surface area contributed by atoms with Crippen LogP contribution in [-0.2, 0) is 11.3 Å². The second-order valence-electron chi connectivity index (χ2n) is 10.1. The summed E-state index contributed by atoms with van der Waals surface area (Å²) in [7, 11) is 0. The van der Waals surface area contributed by atoms with Gasteiger partial charge in [-0.15, -0.1) is 0 Å². The second kappa shape index (κ2) is 7.56. The van der Waals surface area contributed by atoms with Gasteiger partial charge in [-0.2, -0.15) is 5.10 Å². The molecule has 6 rings (SSSR count). The number of nitrogens with zero attached hydrogens (tertiary/aromatic N) is 2. The zero-order chi connectivity index (χ0) is 21.0. The molecular weight excluding hydrogens is 417 g/mol. The molecule has 4 nitrogen and oxygen atoms in total. The van der Waals surface area contributed by atoms with Crippen LogP contribution in [0.15, 0.2) is 18.2 Å². The SMILES string of the molecule is Cc1nn(Cc2ccc(Cl)c(Cl)c2)c(C)c1NC(=O)CC12CC3CC(CC(C3)C1)C2. The van der Waals surface area contributed by atoms with E-state index in [-0.39, 0.29) is 11.3 Å². The molecule has 4 aliphatic rings. The van der Waals surface area contributed by atoms with Crippen LogP contribution in [0.2, 0.25) is 10.0 Å². The number of halogens is 2. The Hall–Kier alpha value is -1.52. The van der Waals surface area contributed by atoms with Crippen molar-refractivity contribution in [1.82, 2.24) is 9.78 Å². The molecule has 4 aliphatic carbocycles. The Morgan fingerprint density at radius 1 is 1.10 bits per heavy atom.